The summed E-state index contributed by atoms with van der Waals surface area (Å²) in [5.74, 6) is 0. The molecule has 0 aromatic heterocycles. The highest BCUT2D eigenvalue weighted by Gasteiger charge is 2.40. The van der Waals surface area contributed by atoms with E-state index >= 15 is 0 Å². The lowest BCUT2D eigenvalue weighted by atomic mass is 10.1. The van der Waals surface area contributed by atoms with Gasteiger partial charge in [-0.1, -0.05) is 0 Å². The minimum atomic E-state index is -5.07. The summed E-state index contributed by atoms with van der Waals surface area (Å²) in [6.45, 7) is 0. The fourth-order valence-corrected chi connectivity index (χ4v) is 1.18. The fraction of sp³-hybridized carbons (Fsp3) is 0.250. The van der Waals surface area contributed by atoms with Gasteiger partial charge in [-0.05, 0) is 0 Å². The van der Waals surface area contributed by atoms with Crippen molar-refractivity contribution < 1.29 is 28.1 Å². The Morgan fingerprint density at radius 1 is 1.06 bits per heavy atom. The van der Waals surface area contributed by atoms with Crippen LogP contribution in [-0.4, -0.2) is 21.1 Å². The van der Waals surface area contributed by atoms with E-state index in [1.807, 2.05) is 0 Å². The van der Waals surface area contributed by atoms with Gasteiger partial charge in [-0.15, -0.1) is 0 Å². The highest BCUT2D eigenvalue weighted by Crippen LogP contribution is 2.35. The van der Waals surface area contributed by atoms with Gasteiger partial charge in [-0.2, -0.15) is 13.2 Å². The standard InChI is InChI=1S/C8H5F3N2O5/c9-8(10,11)7(14)4-1-5(12(15)16)3-6(2-4)13(17)18/h1-3,7,14H. The van der Waals surface area contributed by atoms with Crippen molar-refractivity contribution in [2.45, 2.75) is 12.3 Å². The fourth-order valence-electron chi connectivity index (χ4n) is 1.18. The molecule has 0 radical (unpaired) electrons. The summed E-state index contributed by atoms with van der Waals surface area (Å²) in [4.78, 5) is 18.7. The summed E-state index contributed by atoms with van der Waals surface area (Å²) in [7, 11) is 0. The molecule has 1 aromatic rings. The molecule has 1 atom stereocenters. The molecule has 0 spiro atoms. The summed E-state index contributed by atoms with van der Waals surface area (Å²) in [6.07, 6.45) is -8.08. The second-order valence-electron chi connectivity index (χ2n) is 3.24. The molecular formula is C8H5F3N2O5. The molecule has 1 aromatic carbocycles. The van der Waals surface area contributed by atoms with E-state index in [1.54, 1.807) is 0 Å². The van der Waals surface area contributed by atoms with Gasteiger partial charge in [0.2, 0.25) is 0 Å². The second-order valence-corrected chi connectivity index (χ2v) is 3.24. The first-order valence-corrected chi connectivity index (χ1v) is 4.31. The molecule has 0 saturated carbocycles. The van der Waals surface area contributed by atoms with E-state index in [0.717, 1.165) is 0 Å². The van der Waals surface area contributed by atoms with E-state index in [1.165, 1.54) is 0 Å². The Balaban J connectivity index is 3.36. The number of hydrogen-bond donors (Lipinski definition) is 1. The largest absolute Gasteiger partial charge is 0.418 e. The van der Waals surface area contributed by atoms with Crippen LogP contribution in [0.15, 0.2) is 18.2 Å². The Labute approximate surface area is 96.8 Å². The van der Waals surface area contributed by atoms with Crippen molar-refractivity contribution in [1.82, 2.24) is 0 Å². The predicted octanol–water partition coefficient (Wildman–Crippen LogP) is 2.10. The van der Waals surface area contributed by atoms with Crippen molar-refractivity contribution in [3.63, 3.8) is 0 Å². The van der Waals surface area contributed by atoms with Gasteiger partial charge in [-0.3, -0.25) is 20.2 Å². The number of aliphatic hydroxyl groups excluding tert-OH is 1. The van der Waals surface area contributed by atoms with E-state index in [4.69, 9.17) is 5.11 Å². The Morgan fingerprint density at radius 2 is 1.44 bits per heavy atom. The SMILES string of the molecule is O=[N+]([O-])c1cc(C(O)C(F)(F)F)cc([N+](=O)[O-])c1. The first-order valence-electron chi connectivity index (χ1n) is 4.31. The van der Waals surface area contributed by atoms with E-state index in [0.29, 0.717) is 18.2 Å². The molecule has 7 nitrogen and oxygen atoms in total. The van der Waals surface area contributed by atoms with Crippen molar-refractivity contribution in [3.8, 4) is 0 Å². The molecule has 10 heteroatoms. The average Bonchev–Trinajstić information content (AvgIpc) is 2.26. The number of nitrogens with zero attached hydrogens (tertiary/aromatic N) is 2. The van der Waals surface area contributed by atoms with Crippen LogP contribution in [0.3, 0.4) is 0 Å². The minimum Gasteiger partial charge on any atom is -0.379 e. The quantitative estimate of drug-likeness (QED) is 0.665. The van der Waals surface area contributed by atoms with Crippen molar-refractivity contribution >= 4 is 11.4 Å². The molecule has 98 valence electrons. The third-order valence-corrected chi connectivity index (χ3v) is 1.97. The average molecular weight is 266 g/mol. The number of nitro benzene ring substituents is 2. The zero-order chi connectivity index (χ0) is 14.1. The van der Waals surface area contributed by atoms with E-state index in [9.17, 15) is 33.4 Å². The maximum Gasteiger partial charge on any atom is 0.418 e. The summed E-state index contributed by atoms with van der Waals surface area (Å²) in [5.41, 5.74) is -2.76. The normalized spacial score (nSPS) is 13.1. The highest BCUT2D eigenvalue weighted by atomic mass is 19.4. The summed E-state index contributed by atoms with van der Waals surface area (Å²) in [5, 5.41) is 29.7. The minimum absolute atomic E-state index is 0.436. The topological polar surface area (TPSA) is 107 Å². The molecule has 0 fully saturated rings. The highest BCUT2D eigenvalue weighted by molar-refractivity contribution is 5.47. The van der Waals surface area contributed by atoms with Crippen LogP contribution in [0.2, 0.25) is 0 Å². The van der Waals surface area contributed by atoms with Crippen LogP contribution < -0.4 is 0 Å². The number of halogens is 3. The Kier molecular flexibility index (Phi) is 3.51. The molecule has 18 heavy (non-hydrogen) atoms. The molecule has 0 aliphatic rings. The molecule has 1 rings (SSSR count). The smallest absolute Gasteiger partial charge is 0.379 e. The number of alkyl halides is 3. The third-order valence-electron chi connectivity index (χ3n) is 1.97. The number of aliphatic hydroxyl groups is 1. The number of non-ortho nitro benzene ring substituents is 2. The van der Waals surface area contributed by atoms with E-state index < -0.39 is 39.1 Å². The molecule has 1 unspecified atom stereocenters. The lowest BCUT2D eigenvalue weighted by Crippen LogP contribution is -2.20. The molecule has 1 N–H and O–H groups in total. The van der Waals surface area contributed by atoms with Crippen LogP contribution in [0.25, 0.3) is 0 Å². The Hall–Kier alpha value is -2.23. The van der Waals surface area contributed by atoms with Crippen molar-refractivity contribution in [3.05, 3.63) is 44.0 Å². The van der Waals surface area contributed by atoms with Crippen LogP contribution in [0.4, 0.5) is 24.5 Å². The number of benzene rings is 1. The van der Waals surface area contributed by atoms with Gasteiger partial charge in [0.1, 0.15) is 0 Å². The summed E-state index contributed by atoms with van der Waals surface area (Å²) >= 11 is 0. The monoisotopic (exact) mass is 266 g/mol. The number of hydrogen-bond acceptors (Lipinski definition) is 5. The van der Waals surface area contributed by atoms with Crippen LogP contribution >= 0.6 is 0 Å². The van der Waals surface area contributed by atoms with Gasteiger partial charge >= 0.3 is 6.18 Å². The Bertz CT molecular complexity index is 470. The van der Waals surface area contributed by atoms with Gasteiger partial charge in [0.05, 0.1) is 15.9 Å². The van der Waals surface area contributed by atoms with Crippen molar-refractivity contribution in [1.29, 1.82) is 0 Å². The van der Waals surface area contributed by atoms with Gasteiger partial charge < -0.3 is 5.11 Å². The Morgan fingerprint density at radius 3 is 1.72 bits per heavy atom. The maximum absolute atomic E-state index is 12.2. The summed E-state index contributed by atoms with van der Waals surface area (Å²) in [6, 6.07) is 1.38. The number of rotatable bonds is 3. The molecule has 0 saturated heterocycles. The van der Waals surface area contributed by atoms with Gasteiger partial charge in [0.25, 0.3) is 11.4 Å². The van der Waals surface area contributed by atoms with E-state index in [-0.39, 0.29) is 0 Å². The molecule has 0 heterocycles. The lowest BCUT2D eigenvalue weighted by molar-refractivity contribution is -0.394. The van der Waals surface area contributed by atoms with E-state index in [2.05, 4.69) is 0 Å². The van der Waals surface area contributed by atoms with Crippen LogP contribution in [0.1, 0.15) is 11.7 Å². The van der Waals surface area contributed by atoms with Gasteiger partial charge in [0.15, 0.2) is 6.10 Å². The zero-order valence-electron chi connectivity index (χ0n) is 8.42. The van der Waals surface area contributed by atoms with Crippen molar-refractivity contribution in [2.24, 2.45) is 0 Å². The predicted molar refractivity (Wildman–Crippen MR) is 50.8 cm³/mol. The lowest BCUT2D eigenvalue weighted by Gasteiger charge is -2.14. The van der Waals surface area contributed by atoms with Crippen molar-refractivity contribution in [2.75, 3.05) is 0 Å². The second kappa shape index (κ2) is 4.56. The molecule has 0 aliphatic carbocycles. The first-order chi connectivity index (χ1) is 8.12. The first kappa shape index (κ1) is 13.8. The van der Waals surface area contributed by atoms with Gasteiger partial charge in [0, 0.05) is 17.7 Å². The zero-order valence-corrected chi connectivity index (χ0v) is 8.42. The third kappa shape index (κ3) is 2.91. The molecular weight excluding hydrogens is 261 g/mol. The maximum atomic E-state index is 12.2. The van der Waals surface area contributed by atoms with Crippen LogP contribution in [0.5, 0.6) is 0 Å². The van der Waals surface area contributed by atoms with Crippen LogP contribution in [-0.2, 0) is 0 Å². The summed E-state index contributed by atoms with van der Waals surface area (Å²) < 4.78 is 36.6. The molecule has 0 aliphatic heterocycles. The van der Waals surface area contributed by atoms with Gasteiger partial charge in [-0.25, -0.2) is 0 Å². The van der Waals surface area contributed by atoms with Crippen LogP contribution in [0, 0.1) is 20.2 Å². The molecule has 0 amide bonds. The molecule has 0 bridgehead atoms. The number of nitro groups is 2.